The highest BCUT2D eigenvalue weighted by molar-refractivity contribution is 5.93. The van der Waals surface area contributed by atoms with Gasteiger partial charge in [-0.1, -0.05) is 0 Å². The molecular weight excluding hydrogens is 336 g/mol. The molecule has 3 rings (SSSR count). The molecule has 2 heterocycles. The Bertz CT molecular complexity index is 875. The highest BCUT2D eigenvalue weighted by atomic mass is 16.5. The molecule has 0 radical (unpaired) electrons. The number of hydrogen-bond acceptors (Lipinski definition) is 7. The molecule has 8 heteroatoms. The Balaban J connectivity index is 1.58. The predicted octanol–water partition coefficient (Wildman–Crippen LogP) is 2.53. The minimum Gasteiger partial charge on any atom is -0.467 e. The number of hydrogen-bond donors (Lipinski definition) is 2. The van der Waals surface area contributed by atoms with Crippen molar-refractivity contribution in [3.05, 3.63) is 71.9 Å². The highest BCUT2D eigenvalue weighted by Gasteiger charge is 2.09. The second-order valence-corrected chi connectivity index (χ2v) is 5.25. The summed E-state index contributed by atoms with van der Waals surface area (Å²) in [5, 5.41) is 5.70. The first kappa shape index (κ1) is 17.2. The molecule has 8 nitrogen and oxygen atoms in total. The van der Waals surface area contributed by atoms with Crippen LogP contribution in [0, 0.1) is 0 Å². The molecule has 0 saturated heterocycles. The number of carbonyl (C=O) groups is 2. The van der Waals surface area contributed by atoms with Gasteiger partial charge in [0.15, 0.2) is 0 Å². The van der Waals surface area contributed by atoms with Crippen molar-refractivity contribution in [1.82, 2.24) is 15.3 Å². The van der Waals surface area contributed by atoms with Crippen LogP contribution in [0.2, 0.25) is 0 Å². The summed E-state index contributed by atoms with van der Waals surface area (Å²) in [7, 11) is 1.33. The zero-order valence-electron chi connectivity index (χ0n) is 13.9. The van der Waals surface area contributed by atoms with Crippen LogP contribution >= 0.6 is 0 Å². The van der Waals surface area contributed by atoms with Crippen molar-refractivity contribution in [3.63, 3.8) is 0 Å². The summed E-state index contributed by atoms with van der Waals surface area (Å²) >= 11 is 0. The Morgan fingerprint density at radius 2 is 1.81 bits per heavy atom. The highest BCUT2D eigenvalue weighted by Crippen LogP contribution is 2.14. The molecule has 0 bridgehead atoms. The summed E-state index contributed by atoms with van der Waals surface area (Å²) in [6, 6.07) is 10.2. The van der Waals surface area contributed by atoms with Gasteiger partial charge in [-0.3, -0.25) is 4.79 Å². The van der Waals surface area contributed by atoms with Crippen LogP contribution in [-0.2, 0) is 11.3 Å². The molecule has 1 aromatic carbocycles. The molecule has 132 valence electrons. The van der Waals surface area contributed by atoms with Gasteiger partial charge in [-0.15, -0.1) is 0 Å². The van der Waals surface area contributed by atoms with Gasteiger partial charge in [0.25, 0.3) is 5.91 Å². The Labute approximate surface area is 149 Å². The second-order valence-electron chi connectivity index (χ2n) is 5.25. The number of amides is 1. The molecule has 0 unspecified atom stereocenters. The fourth-order valence-corrected chi connectivity index (χ4v) is 2.13. The number of methoxy groups -OCH3 is 1. The number of esters is 1. The predicted molar refractivity (Wildman–Crippen MR) is 93.0 cm³/mol. The fourth-order valence-electron chi connectivity index (χ4n) is 2.13. The molecule has 0 spiro atoms. The number of anilines is 2. The second kappa shape index (κ2) is 7.93. The molecular formula is C18H16N4O4. The molecule has 3 aromatic rings. The van der Waals surface area contributed by atoms with Crippen LogP contribution in [0.4, 0.5) is 11.6 Å². The summed E-state index contributed by atoms with van der Waals surface area (Å²) < 4.78 is 9.80. The van der Waals surface area contributed by atoms with Gasteiger partial charge in [0.05, 0.1) is 31.0 Å². The van der Waals surface area contributed by atoms with Crippen molar-refractivity contribution in [2.24, 2.45) is 0 Å². The number of nitrogens with zero attached hydrogens (tertiary/aromatic N) is 2. The number of benzene rings is 1. The van der Waals surface area contributed by atoms with Crippen LogP contribution in [-0.4, -0.2) is 29.0 Å². The molecule has 2 N–H and O–H groups in total. The molecule has 0 aliphatic carbocycles. The summed E-state index contributed by atoms with van der Waals surface area (Å²) in [5.41, 5.74) is 1.48. The lowest BCUT2D eigenvalue weighted by molar-refractivity contribution is 0.0600. The quantitative estimate of drug-likeness (QED) is 0.657. The Morgan fingerprint density at radius 1 is 1.08 bits per heavy atom. The van der Waals surface area contributed by atoms with Crippen LogP contribution in [0.1, 0.15) is 26.5 Å². The van der Waals surface area contributed by atoms with E-state index in [0.717, 1.165) is 0 Å². The smallest absolute Gasteiger partial charge is 0.337 e. The largest absolute Gasteiger partial charge is 0.467 e. The van der Waals surface area contributed by atoms with Crippen LogP contribution in [0.5, 0.6) is 0 Å². The molecule has 0 aliphatic rings. The van der Waals surface area contributed by atoms with E-state index in [9.17, 15) is 9.59 Å². The normalized spacial score (nSPS) is 10.2. The maximum Gasteiger partial charge on any atom is 0.337 e. The Hall–Kier alpha value is -3.68. The van der Waals surface area contributed by atoms with E-state index in [1.54, 1.807) is 42.7 Å². The number of ether oxygens (including phenoxy) is 1. The van der Waals surface area contributed by atoms with E-state index in [1.165, 1.54) is 19.5 Å². The maximum atomic E-state index is 12.0. The number of nitrogens with one attached hydrogen (secondary N) is 2. The third-order valence-electron chi connectivity index (χ3n) is 3.48. The van der Waals surface area contributed by atoms with Gasteiger partial charge >= 0.3 is 5.97 Å². The van der Waals surface area contributed by atoms with Gasteiger partial charge in [0, 0.05) is 18.1 Å². The standard InChI is InChI=1S/C18H16N4O4/c1-25-17(24)12-4-6-14(7-5-12)22-18-20-9-13(10-21-18)16(23)19-11-15-3-2-8-26-15/h2-10H,11H2,1H3,(H,19,23)(H,20,21,22). The summed E-state index contributed by atoms with van der Waals surface area (Å²) in [5.74, 6) is 0.291. The third kappa shape index (κ3) is 4.23. The van der Waals surface area contributed by atoms with Crippen molar-refractivity contribution in [3.8, 4) is 0 Å². The molecule has 1 amide bonds. The van der Waals surface area contributed by atoms with Crippen LogP contribution in [0.3, 0.4) is 0 Å². The first-order valence-electron chi connectivity index (χ1n) is 7.74. The fraction of sp³-hybridized carbons (Fsp3) is 0.111. The van der Waals surface area contributed by atoms with Gasteiger partial charge in [-0.05, 0) is 36.4 Å². The minimum absolute atomic E-state index is 0.290. The van der Waals surface area contributed by atoms with Crippen LogP contribution in [0.15, 0.2) is 59.5 Å². The number of carbonyl (C=O) groups excluding carboxylic acids is 2. The van der Waals surface area contributed by atoms with Gasteiger partial charge in [-0.25, -0.2) is 14.8 Å². The van der Waals surface area contributed by atoms with Crippen molar-refractivity contribution in [2.45, 2.75) is 6.54 Å². The summed E-state index contributed by atoms with van der Waals surface area (Å²) in [6.45, 7) is 0.290. The Kier molecular flexibility index (Phi) is 5.23. The zero-order valence-corrected chi connectivity index (χ0v) is 13.9. The maximum absolute atomic E-state index is 12.0. The topological polar surface area (TPSA) is 106 Å². The van der Waals surface area contributed by atoms with Gasteiger partial charge in [0.1, 0.15) is 5.76 Å². The molecule has 0 atom stereocenters. The molecule has 26 heavy (non-hydrogen) atoms. The van der Waals surface area contributed by atoms with Crippen molar-refractivity contribution >= 4 is 23.5 Å². The van der Waals surface area contributed by atoms with E-state index in [4.69, 9.17) is 4.42 Å². The van der Waals surface area contributed by atoms with E-state index in [0.29, 0.717) is 35.1 Å². The number of aromatic nitrogens is 2. The SMILES string of the molecule is COC(=O)c1ccc(Nc2ncc(C(=O)NCc3ccco3)cn2)cc1. The molecule has 0 saturated carbocycles. The van der Waals surface area contributed by atoms with Crippen molar-refractivity contribution in [2.75, 3.05) is 12.4 Å². The van der Waals surface area contributed by atoms with E-state index in [1.807, 2.05) is 0 Å². The number of rotatable bonds is 6. The first-order chi connectivity index (χ1) is 12.7. The zero-order chi connectivity index (χ0) is 18.4. The third-order valence-corrected chi connectivity index (χ3v) is 3.48. The van der Waals surface area contributed by atoms with E-state index >= 15 is 0 Å². The number of furan rings is 1. The summed E-state index contributed by atoms with van der Waals surface area (Å²) in [6.07, 6.45) is 4.40. The van der Waals surface area contributed by atoms with Gasteiger partial charge in [-0.2, -0.15) is 0 Å². The van der Waals surface area contributed by atoms with Gasteiger partial charge < -0.3 is 19.8 Å². The van der Waals surface area contributed by atoms with E-state index < -0.39 is 5.97 Å². The lowest BCUT2D eigenvalue weighted by Crippen LogP contribution is -2.22. The van der Waals surface area contributed by atoms with Crippen LogP contribution in [0.25, 0.3) is 0 Å². The average Bonchev–Trinajstić information content (AvgIpc) is 3.20. The Morgan fingerprint density at radius 3 is 2.42 bits per heavy atom. The lowest BCUT2D eigenvalue weighted by Gasteiger charge is -2.07. The molecule has 0 fully saturated rings. The molecule has 0 aliphatic heterocycles. The monoisotopic (exact) mass is 352 g/mol. The van der Waals surface area contributed by atoms with E-state index in [2.05, 4.69) is 25.3 Å². The first-order valence-corrected chi connectivity index (χ1v) is 7.74. The summed E-state index contributed by atoms with van der Waals surface area (Å²) in [4.78, 5) is 31.7. The average molecular weight is 352 g/mol. The van der Waals surface area contributed by atoms with Crippen molar-refractivity contribution in [1.29, 1.82) is 0 Å². The van der Waals surface area contributed by atoms with E-state index in [-0.39, 0.29) is 5.91 Å². The van der Waals surface area contributed by atoms with Crippen LogP contribution < -0.4 is 10.6 Å². The van der Waals surface area contributed by atoms with Crippen molar-refractivity contribution < 1.29 is 18.7 Å². The molecule has 2 aromatic heterocycles. The lowest BCUT2D eigenvalue weighted by atomic mass is 10.2. The van der Waals surface area contributed by atoms with Gasteiger partial charge in [0.2, 0.25) is 5.95 Å². The minimum atomic E-state index is -0.405.